The van der Waals surface area contributed by atoms with Gasteiger partial charge in [0.25, 0.3) is 5.91 Å². The molecular weight excluding hydrogens is 800 g/mol. The number of hydrogen-bond donors (Lipinski definition) is 3. The number of benzene rings is 1. The molecule has 1 unspecified atom stereocenters. The van der Waals surface area contributed by atoms with Gasteiger partial charge in [0.2, 0.25) is 33.3 Å². The minimum absolute atomic E-state index is 0.0341. The summed E-state index contributed by atoms with van der Waals surface area (Å²) in [6.45, 7) is 5.64. The number of sulfonamides is 1. The molecule has 322 valence electrons. The summed E-state index contributed by atoms with van der Waals surface area (Å²) >= 11 is 0. The Morgan fingerprint density at radius 2 is 1.81 bits per heavy atom. The van der Waals surface area contributed by atoms with Crippen LogP contribution in [0.15, 0.2) is 36.5 Å². The van der Waals surface area contributed by atoms with Crippen LogP contribution < -0.4 is 29.6 Å². The zero-order valence-corrected chi connectivity index (χ0v) is 34.1. The molecule has 2 aliphatic carbocycles. The van der Waals surface area contributed by atoms with Crippen molar-refractivity contribution in [3.05, 3.63) is 36.5 Å². The summed E-state index contributed by atoms with van der Waals surface area (Å²) in [5.41, 5.74) is -4.52. The molecule has 0 bridgehead atoms. The second kappa shape index (κ2) is 16.0. The predicted octanol–water partition coefficient (Wildman–Crippen LogP) is 4.68. The Hall–Kier alpha value is -4.81. The van der Waals surface area contributed by atoms with Crippen molar-refractivity contribution < 1.29 is 59.7 Å². The van der Waals surface area contributed by atoms with Gasteiger partial charge >= 0.3 is 12.3 Å². The number of carbonyl (C=O) groups excluding carboxylic acids is 4. The fourth-order valence-corrected chi connectivity index (χ4v) is 9.52. The van der Waals surface area contributed by atoms with Gasteiger partial charge < -0.3 is 34.5 Å². The molecule has 59 heavy (non-hydrogen) atoms. The lowest BCUT2D eigenvalue weighted by Gasteiger charge is -2.35. The largest absolute Gasteiger partial charge is 0.486 e. The topological polar surface area (TPSA) is 192 Å². The Kier molecular flexibility index (Phi) is 11.5. The van der Waals surface area contributed by atoms with Gasteiger partial charge in [0.15, 0.2) is 11.5 Å². The van der Waals surface area contributed by atoms with Gasteiger partial charge in [-0.25, -0.2) is 18.2 Å². The number of rotatable bonds is 8. The molecule has 2 aromatic rings. The van der Waals surface area contributed by atoms with E-state index < -0.39 is 86.4 Å². The highest BCUT2D eigenvalue weighted by molar-refractivity contribution is 7.91. The molecule has 2 saturated carbocycles. The van der Waals surface area contributed by atoms with Crippen molar-refractivity contribution in [3.8, 4) is 17.4 Å². The Bertz CT molecular complexity index is 2130. The standard InChI is InChI=1S/C40H50F3N5O10S/c1-5-23-18-22(2)8-6-7-9-24-20-39(24,36(51)47-59(53,54)26-10-11-26)46-33(49)29-19-25(21-48(29)35(50)31(23)45-37(52)58-38(3,4)40(41,42)43)57-34-28-12-13-30-32(56-17-16-55-30)27(28)14-15-44-34/h7,9,12-15,22-26,29,31H,5-6,8,10-11,16-21H2,1-4H3,(H,45,52)(H,46,49)(H,47,51)/b9-7-/t22-,23+,24?,25+,29-,31-,39+/m0/s1. The lowest BCUT2D eigenvalue weighted by Crippen LogP contribution is -2.59. The number of pyridine rings is 1. The number of halogens is 3. The molecule has 1 aromatic heterocycles. The first-order valence-corrected chi connectivity index (χ1v) is 21.6. The first kappa shape index (κ1) is 42.3. The second-order valence-corrected chi connectivity index (χ2v) is 18.7. The molecule has 5 aliphatic rings. The summed E-state index contributed by atoms with van der Waals surface area (Å²) in [5.74, 6) is -2.38. The molecule has 3 fully saturated rings. The average molecular weight is 850 g/mol. The summed E-state index contributed by atoms with van der Waals surface area (Å²) in [6, 6.07) is 2.45. The van der Waals surface area contributed by atoms with Gasteiger partial charge in [0.1, 0.15) is 36.9 Å². The molecule has 1 saturated heterocycles. The molecule has 4 heterocycles. The molecule has 0 radical (unpaired) electrons. The normalized spacial score (nSPS) is 29.5. The van der Waals surface area contributed by atoms with Crippen LogP contribution in [-0.4, -0.2) is 103 Å². The first-order valence-electron chi connectivity index (χ1n) is 20.1. The Balaban J connectivity index is 1.24. The van der Waals surface area contributed by atoms with Crippen LogP contribution in [-0.2, 0) is 29.1 Å². The summed E-state index contributed by atoms with van der Waals surface area (Å²) < 4.78 is 92.3. The number of carbonyl (C=O) groups is 4. The van der Waals surface area contributed by atoms with Gasteiger partial charge in [-0.3, -0.25) is 19.1 Å². The van der Waals surface area contributed by atoms with Gasteiger partial charge in [0.05, 0.1) is 11.8 Å². The maximum atomic E-state index is 14.9. The molecule has 0 spiro atoms. The van der Waals surface area contributed by atoms with Crippen LogP contribution in [0, 0.1) is 17.8 Å². The van der Waals surface area contributed by atoms with E-state index in [9.17, 15) is 40.8 Å². The van der Waals surface area contributed by atoms with Crippen LogP contribution in [0.25, 0.3) is 10.8 Å². The van der Waals surface area contributed by atoms with Crippen LogP contribution in [0.3, 0.4) is 0 Å². The van der Waals surface area contributed by atoms with Crippen LogP contribution >= 0.6 is 0 Å². The highest BCUT2D eigenvalue weighted by atomic mass is 32.2. The monoisotopic (exact) mass is 849 g/mol. The van der Waals surface area contributed by atoms with Crippen molar-refractivity contribution in [1.82, 2.24) is 25.2 Å². The quantitative estimate of drug-likeness (QED) is 0.313. The number of allylic oxidation sites excluding steroid dienone is 1. The number of nitrogens with one attached hydrogen (secondary N) is 3. The first-order chi connectivity index (χ1) is 27.8. The van der Waals surface area contributed by atoms with Gasteiger partial charge in [-0.05, 0) is 82.4 Å². The maximum absolute atomic E-state index is 14.9. The molecule has 19 heteroatoms. The van der Waals surface area contributed by atoms with Crippen LogP contribution in [0.1, 0.15) is 79.1 Å². The van der Waals surface area contributed by atoms with Gasteiger partial charge in [0, 0.05) is 29.3 Å². The highest BCUT2D eigenvalue weighted by Gasteiger charge is 2.62. The molecule has 3 N–H and O–H groups in total. The van der Waals surface area contributed by atoms with Crippen LogP contribution in [0.5, 0.6) is 17.4 Å². The summed E-state index contributed by atoms with van der Waals surface area (Å²) in [7, 11) is -3.99. The number of aromatic nitrogens is 1. The molecule has 1 aromatic carbocycles. The minimum Gasteiger partial charge on any atom is -0.486 e. The van der Waals surface area contributed by atoms with Crippen molar-refractivity contribution in [2.75, 3.05) is 19.8 Å². The van der Waals surface area contributed by atoms with E-state index in [1.165, 1.54) is 11.1 Å². The van der Waals surface area contributed by atoms with Crippen molar-refractivity contribution in [2.24, 2.45) is 17.8 Å². The summed E-state index contributed by atoms with van der Waals surface area (Å²) in [5, 5.41) is 5.74. The third-order valence-electron chi connectivity index (χ3n) is 12.0. The van der Waals surface area contributed by atoms with E-state index in [-0.39, 0.29) is 31.2 Å². The minimum atomic E-state index is -4.92. The van der Waals surface area contributed by atoms with E-state index in [0.29, 0.717) is 87.9 Å². The van der Waals surface area contributed by atoms with E-state index >= 15 is 0 Å². The third kappa shape index (κ3) is 8.75. The third-order valence-corrected chi connectivity index (χ3v) is 13.8. The summed E-state index contributed by atoms with van der Waals surface area (Å²) in [6.07, 6.45) is 0.607. The van der Waals surface area contributed by atoms with Crippen molar-refractivity contribution >= 4 is 44.6 Å². The number of ether oxygens (including phenoxy) is 4. The van der Waals surface area contributed by atoms with Gasteiger partial charge in [-0.1, -0.05) is 32.4 Å². The molecule has 15 nitrogen and oxygen atoms in total. The maximum Gasteiger partial charge on any atom is 0.427 e. The molecule has 4 amide bonds. The van der Waals surface area contributed by atoms with E-state index in [2.05, 4.69) is 20.3 Å². The average Bonchev–Trinajstić information content (AvgIpc) is 4.10. The number of alkyl halides is 3. The van der Waals surface area contributed by atoms with E-state index in [0.717, 1.165) is 0 Å². The van der Waals surface area contributed by atoms with Crippen molar-refractivity contribution in [2.45, 2.75) is 120 Å². The van der Waals surface area contributed by atoms with E-state index in [1.807, 2.05) is 13.0 Å². The number of fused-ring (bicyclic) bond motifs is 5. The van der Waals surface area contributed by atoms with Crippen molar-refractivity contribution in [1.29, 1.82) is 0 Å². The SMILES string of the molecule is CC[C@@H]1C[C@@H](C)CC/C=C\C2C[C@@]2(C(=O)NS(=O)(=O)C2CC2)NC(=O)[C@@H]2C[C@@H](Oc3nccc4c5c(ccc34)OCCO5)CN2C(=O)[C@H]1NC(=O)OC(C)(C)C(F)(F)F. The number of amides is 4. The van der Waals surface area contributed by atoms with Gasteiger partial charge in [-0.2, -0.15) is 13.2 Å². The fourth-order valence-electron chi connectivity index (χ4n) is 8.15. The lowest BCUT2D eigenvalue weighted by atomic mass is 9.85. The Morgan fingerprint density at radius 1 is 1.07 bits per heavy atom. The number of nitrogens with zero attached hydrogens (tertiary/aromatic N) is 2. The lowest BCUT2D eigenvalue weighted by molar-refractivity contribution is -0.244. The number of alkyl carbamates (subject to hydrolysis) is 1. The highest BCUT2D eigenvalue weighted by Crippen LogP contribution is 2.47. The Labute approximate surface area is 340 Å². The van der Waals surface area contributed by atoms with Crippen molar-refractivity contribution in [3.63, 3.8) is 0 Å². The molecule has 3 aliphatic heterocycles. The number of hydrogen-bond acceptors (Lipinski definition) is 11. The van der Waals surface area contributed by atoms with Crippen LogP contribution in [0.2, 0.25) is 0 Å². The molecular formula is C40H50F3N5O10S. The summed E-state index contributed by atoms with van der Waals surface area (Å²) in [4.78, 5) is 62.2. The van der Waals surface area contributed by atoms with E-state index in [1.54, 1.807) is 31.2 Å². The molecule has 7 atom stereocenters. The zero-order chi connectivity index (χ0) is 42.5. The molecule has 7 rings (SSSR count). The van der Waals surface area contributed by atoms with E-state index in [4.69, 9.17) is 18.9 Å². The fraction of sp³-hybridized carbons (Fsp3) is 0.625. The predicted molar refractivity (Wildman–Crippen MR) is 206 cm³/mol. The van der Waals surface area contributed by atoms with Gasteiger partial charge in [-0.15, -0.1) is 0 Å². The Morgan fingerprint density at radius 3 is 2.53 bits per heavy atom. The second-order valence-electron chi connectivity index (χ2n) is 16.8. The van der Waals surface area contributed by atoms with Crippen LogP contribution in [0.4, 0.5) is 18.0 Å². The zero-order valence-electron chi connectivity index (χ0n) is 33.3. The smallest absolute Gasteiger partial charge is 0.427 e.